The Balaban J connectivity index is 2.43. The van der Waals surface area contributed by atoms with Gasteiger partial charge in [0.05, 0.1) is 18.0 Å². The topological polar surface area (TPSA) is 33.1 Å². The minimum Gasteiger partial charge on any atom is -0.387 e. The van der Waals surface area contributed by atoms with Crippen LogP contribution < -0.4 is 0 Å². The molecule has 1 heterocycles. The lowest BCUT2D eigenvalue weighted by Crippen LogP contribution is -2.00. The number of aliphatic hydroxyl groups excluding tert-OH is 1. The van der Waals surface area contributed by atoms with Crippen LogP contribution in [0.25, 0.3) is 0 Å². The molecule has 2 nitrogen and oxygen atoms in total. The molecule has 0 bridgehead atoms. The van der Waals surface area contributed by atoms with E-state index >= 15 is 0 Å². The van der Waals surface area contributed by atoms with Gasteiger partial charge in [-0.3, -0.25) is 4.98 Å². The number of unbranched alkanes of at least 4 members (excludes halogenated alkanes) is 2. The van der Waals surface area contributed by atoms with Gasteiger partial charge in [0.1, 0.15) is 5.82 Å². The van der Waals surface area contributed by atoms with Gasteiger partial charge in [-0.2, -0.15) is 0 Å². The second-order valence-corrected chi connectivity index (χ2v) is 3.41. The highest BCUT2D eigenvalue weighted by Gasteiger charge is 2.07. The Labute approximate surface area is 83.8 Å². The van der Waals surface area contributed by atoms with Crippen LogP contribution in [0.1, 0.15) is 44.4 Å². The first kappa shape index (κ1) is 11.1. The zero-order chi connectivity index (χ0) is 10.4. The zero-order valence-electron chi connectivity index (χ0n) is 8.41. The Morgan fingerprint density at radius 2 is 2.21 bits per heavy atom. The van der Waals surface area contributed by atoms with E-state index in [2.05, 4.69) is 11.9 Å². The fourth-order valence-corrected chi connectivity index (χ4v) is 1.32. The van der Waals surface area contributed by atoms with Gasteiger partial charge in [0.15, 0.2) is 0 Å². The van der Waals surface area contributed by atoms with E-state index in [1.54, 1.807) is 0 Å². The molecule has 14 heavy (non-hydrogen) atoms. The van der Waals surface area contributed by atoms with Gasteiger partial charge in [-0.15, -0.1) is 0 Å². The second-order valence-electron chi connectivity index (χ2n) is 3.41. The lowest BCUT2D eigenvalue weighted by Gasteiger charge is -2.08. The largest absolute Gasteiger partial charge is 0.387 e. The standard InChI is InChI=1S/C11H16FNO/c1-2-3-4-5-11(14)10-7-6-9(12)8-13-10/h6-8,11,14H,2-5H2,1H3. The quantitative estimate of drug-likeness (QED) is 0.736. The molecule has 0 aliphatic heterocycles. The predicted octanol–water partition coefficient (Wildman–Crippen LogP) is 2.83. The number of aromatic nitrogens is 1. The Kier molecular flexibility index (Phi) is 4.53. The highest BCUT2D eigenvalue weighted by Crippen LogP contribution is 2.17. The molecule has 0 spiro atoms. The van der Waals surface area contributed by atoms with Crippen molar-refractivity contribution in [3.8, 4) is 0 Å². The molecular formula is C11H16FNO. The number of aliphatic hydroxyl groups is 1. The van der Waals surface area contributed by atoms with Crippen molar-refractivity contribution in [3.63, 3.8) is 0 Å². The predicted molar refractivity (Wildman–Crippen MR) is 53.3 cm³/mol. The summed E-state index contributed by atoms with van der Waals surface area (Å²) in [5, 5.41) is 9.65. The molecule has 1 unspecified atom stereocenters. The molecule has 0 saturated carbocycles. The van der Waals surface area contributed by atoms with E-state index in [4.69, 9.17) is 0 Å². The molecule has 0 fully saturated rings. The van der Waals surface area contributed by atoms with E-state index in [0.717, 1.165) is 25.5 Å². The number of rotatable bonds is 5. The van der Waals surface area contributed by atoms with Gasteiger partial charge >= 0.3 is 0 Å². The highest BCUT2D eigenvalue weighted by molar-refractivity contribution is 5.07. The first-order chi connectivity index (χ1) is 6.74. The summed E-state index contributed by atoms with van der Waals surface area (Å²) < 4.78 is 12.5. The van der Waals surface area contributed by atoms with Crippen LogP contribution in [0.5, 0.6) is 0 Å². The average molecular weight is 197 g/mol. The van der Waals surface area contributed by atoms with Crippen LogP contribution in [0, 0.1) is 5.82 Å². The maximum Gasteiger partial charge on any atom is 0.141 e. The Hall–Kier alpha value is -0.960. The summed E-state index contributed by atoms with van der Waals surface area (Å²) in [4.78, 5) is 3.83. The molecule has 0 saturated heterocycles. The summed E-state index contributed by atoms with van der Waals surface area (Å²) in [6.07, 6.45) is 4.51. The molecule has 3 heteroatoms. The van der Waals surface area contributed by atoms with Crippen molar-refractivity contribution in [1.29, 1.82) is 0 Å². The first-order valence-corrected chi connectivity index (χ1v) is 5.03. The molecule has 1 rings (SSSR count). The van der Waals surface area contributed by atoms with Crippen molar-refractivity contribution < 1.29 is 9.50 Å². The van der Waals surface area contributed by atoms with E-state index < -0.39 is 6.10 Å². The fraction of sp³-hybridized carbons (Fsp3) is 0.545. The Morgan fingerprint density at radius 1 is 1.43 bits per heavy atom. The third kappa shape index (κ3) is 3.42. The summed E-state index contributed by atoms with van der Waals surface area (Å²) in [6.45, 7) is 2.11. The van der Waals surface area contributed by atoms with Gasteiger partial charge in [-0.05, 0) is 18.6 Å². The lowest BCUT2D eigenvalue weighted by molar-refractivity contribution is 0.159. The lowest BCUT2D eigenvalue weighted by atomic mass is 10.1. The first-order valence-electron chi connectivity index (χ1n) is 5.03. The molecule has 0 amide bonds. The SMILES string of the molecule is CCCCCC(O)c1ccc(F)cn1. The van der Waals surface area contributed by atoms with Gasteiger partial charge < -0.3 is 5.11 Å². The van der Waals surface area contributed by atoms with Gasteiger partial charge in [-0.1, -0.05) is 26.2 Å². The summed E-state index contributed by atoms with van der Waals surface area (Å²) in [5.74, 6) is -0.366. The Morgan fingerprint density at radius 3 is 2.79 bits per heavy atom. The van der Waals surface area contributed by atoms with E-state index in [9.17, 15) is 9.50 Å². The van der Waals surface area contributed by atoms with Gasteiger partial charge in [-0.25, -0.2) is 4.39 Å². The molecule has 1 N–H and O–H groups in total. The van der Waals surface area contributed by atoms with Crippen LogP contribution in [0.2, 0.25) is 0 Å². The molecule has 0 aliphatic carbocycles. The van der Waals surface area contributed by atoms with Crippen molar-refractivity contribution in [2.45, 2.75) is 38.7 Å². The summed E-state index contributed by atoms with van der Waals surface area (Å²) in [6, 6.07) is 2.86. The van der Waals surface area contributed by atoms with Gasteiger partial charge in [0.2, 0.25) is 0 Å². The average Bonchev–Trinajstić information content (AvgIpc) is 2.19. The molecule has 0 aliphatic rings. The fourth-order valence-electron chi connectivity index (χ4n) is 1.32. The van der Waals surface area contributed by atoms with Crippen molar-refractivity contribution >= 4 is 0 Å². The smallest absolute Gasteiger partial charge is 0.141 e. The second kappa shape index (κ2) is 5.70. The molecule has 0 radical (unpaired) electrons. The van der Waals surface area contributed by atoms with Crippen molar-refractivity contribution in [2.75, 3.05) is 0 Å². The number of pyridine rings is 1. The van der Waals surface area contributed by atoms with Crippen LogP contribution in [0.3, 0.4) is 0 Å². The number of nitrogens with zero attached hydrogens (tertiary/aromatic N) is 1. The van der Waals surface area contributed by atoms with Gasteiger partial charge in [0.25, 0.3) is 0 Å². The molecule has 0 aromatic carbocycles. The molecule has 78 valence electrons. The van der Waals surface area contributed by atoms with Crippen molar-refractivity contribution in [1.82, 2.24) is 4.98 Å². The van der Waals surface area contributed by atoms with E-state index in [1.807, 2.05) is 0 Å². The third-order valence-corrected chi connectivity index (χ3v) is 2.17. The van der Waals surface area contributed by atoms with E-state index in [1.165, 1.54) is 12.1 Å². The number of halogens is 1. The Bertz CT molecular complexity index is 260. The van der Waals surface area contributed by atoms with Gasteiger partial charge in [0, 0.05) is 0 Å². The maximum atomic E-state index is 12.5. The molecule has 1 aromatic rings. The third-order valence-electron chi connectivity index (χ3n) is 2.17. The van der Waals surface area contributed by atoms with Crippen molar-refractivity contribution in [3.05, 3.63) is 29.8 Å². The van der Waals surface area contributed by atoms with E-state index in [0.29, 0.717) is 12.1 Å². The highest BCUT2D eigenvalue weighted by atomic mass is 19.1. The van der Waals surface area contributed by atoms with Crippen molar-refractivity contribution in [2.24, 2.45) is 0 Å². The summed E-state index contributed by atoms with van der Waals surface area (Å²) in [5.41, 5.74) is 0.558. The molecular weight excluding hydrogens is 181 g/mol. The monoisotopic (exact) mass is 197 g/mol. The van der Waals surface area contributed by atoms with Crippen LogP contribution in [0.4, 0.5) is 4.39 Å². The zero-order valence-corrected chi connectivity index (χ0v) is 8.41. The molecule has 1 aromatic heterocycles. The summed E-state index contributed by atoms with van der Waals surface area (Å²) >= 11 is 0. The minimum atomic E-state index is -0.554. The number of hydrogen-bond donors (Lipinski definition) is 1. The summed E-state index contributed by atoms with van der Waals surface area (Å²) in [7, 11) is 0. The van der Waals surface area contributed by atoms with Crippen LogP contribution in [-0.4, -0.2) is 10.1 Å². The number of hydrogen-bond acceptors (Lipinski definition) is 2. The van der Waals surface area contributed by atoms with Crippen LogP contribution in [-0.2, 0) is 0 Å². The molecule has 1 atom stereocenters. The van der Waals surface area contributed by atoms with Crippen LogP contribution in [0.15, 0.2) is 18.3 Å². The maximum absolute atomic E-state index is 12.5. The minimum absolute atomic E-state index is 0.366. The normalized spacial score (nSPS) is 12.8. The van der Waals surface area contributed by atoms with Crippen LogP contribution >= 0.6 is 0 Å². The van der Waals surface area contributed by atoms with E-state index in [-0.39, 0.29) is 5.82 Å².